The van der Waals surface area contributed by atoms with Crippen molar-refractivity contribution in [1.82, 2.24) is 9.80 Å². The van der Waals surface area contributed by atoms with Crippen LogP contribution >= 0.6 is 0 Å². The Morgan fingerprint density at radius 3 is 2.74 bits per heavy atom. The van der Waals surface area contributed by atoms with Crippen molar-refractivity contribution in [3.05, 3.63) is 65.2 Å². The van der Waals surface area contributed by atoms with Crippen LogP contribution in [0.2, 0.25) is 0 Å². The number of piperidine rings is 1. The Morgan fingerprint density at radius 2 is 1.96 bits per heavy atom. The van der Waals surface area contributed by atoms with E-state index in [1.165, 1.54) is 11.1 Å². The molecule has 0 N–H and O–H groups in total. The number of fused-ring (bicyclic) bond motifs is 1. The van der Waals surface area contributed by atoms with Gasteiger partial charge in [0.1, 0.15) is 11.4 Å². The van der Waals surface area contributed by atoms with Crippen molar-refractivity contribution >= 4 is 5.91 Å². The van der Waals surface area contributed by atoms with Gasteiger partial charge in [-0.05, 0) is 37.9 Å². The summed E-state index contributed by atoms with van der Waals surface area (Å²) in [5, 5.41) is 0. The average Bonchev–Trinajstić information content (AvgIpc) is 2.79. The van der Waals surface area contributed by atoms with Crippen molar-refractivity contribution in [2.45, 2.75) is 45.4 Å². The Hall–Kier alpha value is -2.33. The summed E-state index contributed by atoms with van der Waals surface area (Å²) in [5.74, 6) is 1.05. The van der Waals surface area contributed by atoms with Crippen molar-refractivity contribution in [3.8, 4) is 5.75 Å². The molecule has 0 radical (unpaired) electrons. The highest BCUT2D eigenvalue weighted by Crippen LogP contribution is 2.35. The Balaban J connectivity index is 1.61. The zero-order chi connectivity index (χ0) is 18.9. The normalized spacial score (nSPS) is 22.8. The highest BCUT2D eigenvalue weighted by Gasteiger charge is 2.42. The molecule has 2 heterocycles. The third-order valence-corrected chi connectivity index (χ3v) is 5.70. The number of carbonyl (C=O) groups is 1. The van der Waals surface area contributed by atoms with Crippen LogP contribution in [0, 0.1) is 6.92 Å². The van der Waals surface area contributed by atoms with Crippen LogP contribution in [0.1, 0.15) is 36.5 Å². The molecule has 0 bridgehead atoms. The summed E-state index contributed by atoms with van der Waals surface area (Å²) >= 11 is 0. The second-order valence-electron chi connectivity index (χ2n) is 8.07. The highest BCUT2D eigenvalue weighted by atomic mass is 16.5. The molecule has 27 heavy (non-hydrogen) atoms. The molecule has 4 rings (SSSR count). The maximum absolute atomic E-state index is 12.3. The standard InChI is InChI=1S/C23H28N2O2/c1-18-9-10-22-21(13-18)15-25(19(2)26)17-23(27-22)11-6-12-24(16-23)14-20-7-4-3-5-8-20/h3-5,7-10,13H,6,11-12,14-17H2,1-2H3/t23-/m1/s1. The first-order valence-electron chi connectivity index (χ1n) is 9.83. The molecule has 2 aromatic carbocycles. The molecule has 0 unspecified atom stereocenters. The first-order chi connectivity index (χ1) is 13.0. The van der Waals surface area contributed by atoms with Gasteiger partial charge in [0.15, 0.2) is 0 Å². The minimum absolute atomic E-state index is 0.118. The summed E-state index contributed by atoms with van der Waals surface area (Å²) < 4.78 is 6.65. The van der Waals surface area contributed by atoms with Crippen molar-refractivity contribution in [1.29, 1.82) is 0 Å². The number of hydrogen-bond donors (Lipinski definition) is 0. The maximum Gasteiger partial charge on any atom is 0.219 e. The van der Waals surface area contributed by atoms with Crippen molar-refractivity contribution in [2.24, 2.45) is 0 Å². The number of rotatable bonds is 2. The van der Waals surface area contributed by atoms with Crippen molar-refractivity contribution in [2.75, 3.05) is 19.6 Å². The van der Waals surface area contributed by atoms with Gasteiger partial charge in [0.05, 0.1) is 6.54 Å². The molecule has 4 nitrogen and oxygen atoms in total. The molecule has 1 atom stereocenters. The van der Waals surface area contributed by atoms with Crippen LogP contribution in [0.5, 0.6) is 5.75 Å². The molecule has 0 aromatic heterocycles. The molecule has 4 heteroatoms. The van der Waals surface area contributed by atoms with Crippen LogP contribution in [-0.2, 0) is 17.9 Å². The van der Waals surface area contributed by atoms with E-state index in [0.29, 0.717) is 13.1 Å². The van der Waals surface area contributed by atoms with Gasteiger partial charge >= 0.3 is 0 Å². The van der Waals surface area contributed by atoms with E-state index < -0.39 is 0 Å². The molecule has 2 aliphatic heterocycles. The van der Waals surface area contributed by atoms with Gasteiger partial charge in [-0.1, -0.05) is 48.0 Å². The molecule has 2 aliphatic rings. The SMILES string of the molecule is CC(=O)N1Cc2cc(C)ccc2O[C@@]2(CCCN(Cc3ccccc3)C2)C1. The minimum atomic E-state index is -0.334. The van der Waals surface area contributed by atoms with E-state index in [1.807, 2.05) is 4.90 Å². The fourth-order valence-electron chi connectivity index (χ4n) is 4.41. The van der Waals surface area contributed by atoms with Gasteiger partial charge in [0.2, 0.25) is 5.91 Å². The van der Waals surface area contributed by atoms with Gasteiger partial charge in [0.25, 0.3) is 0 Å². The Morgan fingerprint density at radius 1 is 1.15 bits per heavy atom. The zero-order valence-corrected chi connectivity index (χ0v) is 16.3. The predicted octanol–water partition coefficient (Wildman–Crippen LogP) is 3.77. The van der Waals surface area contributed by atoms with Crippen LogP contribution in [0.15, 0.2) is 48.5 Å². The van der Waals surface area contributed by atoms with E-state index in [0.717, 1.165) is 43.8 Å². The second-order valence-corrected chi connectivity index (χ2v) is 8.07. The van der Waals surface area contributed by atoms with Gasteiger partial charge in [-0.15, -0.1) is 0 Å². The second kappa shape index (κ2) is 7.35. The molecule has 0 aliphatic carbocycles. The van der Waals surface area contributed by atoms with Crippen LogP contribution in [0.25, 0.3) is 0 Å². The molecular formula is C23H28N2O2. The van der Waals surface area contributed by atoms with Crippen LogP contribution < -0.4 is 4.74 Å². The first kappa shape index (κ1) is 18.1. The van der Waals surface area contributed by atoms with Crippen LogP contribution in [0.3, 0.4) is 0 Å². The summed E-state index contributed by atoms with van der Waals surface area (Å²) in [6.07, 6.45) is 2.06. The van der Waals surface area contributed by atoms with Crippen LogP contribution in [-0.4, -0.2) is 40.9 Å². The third-order valence-electron chi connectivity index (χ3n) is 5.70. The lowest BCUT2D eigenvalue weighted by molar-refractivity contribution is -0.133. The topological polar surface area (TPSA) is 32.8 Å². The molecule has 1 saturated heterocycles. The molecule has 142 valence electrons. The summed E-state index contributed by atoms with van der Waals surface area (Å²) in [4.78, 5) is 16.7. The molecule has 1 fully saturated rings. The molecule has 2 aromatic rings. The smallest absolute Gasteiger partial charge is 0.219 e. The van der Waals surface area contributed by atoms with Gasteiger partial charge < -0.3 is 9.64 Å². The van der Waals surface area contributed by atoms with E-state index in [9.17, 15) is 4.79 Å². The number of carbonyl (C=O) groups excluding carboxylic acids is 1. The fourth-order valence-corrected chi connectivity index (χ4v) is 4.41. The number of hydrogen-bond acceptors (Lipinski definition) is 3. The van der Waals surface area contributed by atoms with Gasteiger partial charge in [0, 0.05) is 32.1 Å². The Kier molecular flexibility index (Phi) is 4.92. The zero-order valence-electron chi connectivity index (χ0n) is 16.3. The number of benzene rings is 2. The van der Waals surface area contributed by atoms with Crippen molar-refractivity contribution in [3.63, 3.8) is 0 Å². The lowest BCUT2D eigenvalue weighted by Gasteiger charge is -2.43. The van der Waals surface area contributed by atoms with Gasteiger partial charge in [-0.2, -0.15) is 0 Å². The van der Waals surface area contributed by atoms with E-state index in [1.54, 1.807) is 6.92 Å². The van der Waals surface area contributed by atoms with E-state index in [2.05, 4.69) is 60.4 Å². The molecule has 0 saturated carbocycles. The average molecular weight is 364 g/mol. The summed E-state index contributed by atoms with van der Waals surface area (Å²) in [6, 6.07) is 16.9. The Labute approximate surface area is 161 Å². The number of likely N-dealkylation sites (tertiary alicyclic amines) is 1. The van der Waals surface area contributed by atoms with Crippen LogP contribution in [0.4, 0.5) is 0 Å². The van der Waals surface area contributed by atoms with Gasteiger partial charge in [-0.25, -0.2) is 0 Å². The third kappa shape index (κ3) is 4.01. The largest absolute Gasteiger partial charge is 0.484 e. The number of ether oxygens (including phenoxy) is 1. The summed E-state index contributed by atoms with van der Waals surface area (Å²) in [5.41, 5.74) is 3.30. The van der Waals surface area contributed by atoms with E-state index in [-0.39, 0.29) is 11.5 Å². The molecule has 1 amide bonds. The highest BCUT2D eigenvalue weighted by molar-refractivity contribution is 5.73. The summed E-state index contributed by atoms with van der Waals surface area (Å²) in [7, 11) is 0. The summed E-state index contributed by atoms with van der Waals surface area (Å²) in [6.45, 7) is 7.88. The van der Waals surface area contributed by atoms with Crippen molar-refractivity contribution < 1.29 is 9.53 Å². The lowest BCUT2D eigenvalue weighted by atomic mass is 9.91. The first-order valence-corrected chi connectivity index (χ1v) is 9.83. The monoisotopic (exact) mass is 364 g/mol. The quantitative estimate of drug-likeness (QED) is 0.813. The number of amides is 1. The molecule has 1 spiro atoms. The number of nitrogens with zero attached hydrogens (tertiary/aromatic N) is 2. The number of aryl methyl sites for hydroxylation is 1. The van der Waals surface area contributed by atoms with Gasteiger partial charge in [-0.3, -0.25) is 9.69 Å². The predicted molar refractivity (Wildman–Crippen MR) is 107 cm³/mol. The fraction of sp³-hybridized carbons (Fsp3) is 0.435. The maximum atomic E-state index is 12.3. The Bertz CT molecular complexity index is 820. The lowest BCUT2D eigenvalue weighted by Crippen LogP contribution is -2.57. The molecular weight excluding hydrogens is 336 g/mol. The van der Waals surface area contributed by atoms with E-state index >= 15 is 0 Å². The minimum Gasteiger partial charge on any atom is -0.484 e. The van der Waals surface area contributed by atoms with E-state index in [4.69, 9.17) is 4.74 Å².